The Morgan fingerprint density at radius 2 is 1.45 bits per heavy atom. The van der Waals surface area contributed by atoms with Crippen LogP contribution in [0, 0.1) is 0 Å². The molecule has 0 fully saturated rings. The Hall–Kier alpha value is -0.680. The van der Waals surface area contributed by atoms with Crippen LogP contribution < -0.4 is 0 Å². The van der Waals surface area contributed by atoms with E-state index in [1.807, 2.05) is 12.1 Å². The number of hydrogen-bond donors (Lipinski definition) is 3. The molecule has 0 aliphatic rings. The molecule has 56 valence electrons. The fourth-order valence-corrected chi connectivity index (χ4v) is 1.24. The van der Waals surface area contributed by atoms with Crippen molar-refractivity contribution in [1.82, 2.24) is 15.4 Å². The molecule has 0 saturated carbocycles. The zero-order chi connectivity index (χ0) is 7.84. The summed E-state index contributed by atoms with van der Waals surface area (Å²) in [6.07, 6.45) is 0. The van der Waals surface area contributed by atoms with Crippen LogP contribution in [0.1, 0.15) is 0 Å². The summed E-state index contributed by atoms with van der Waals surface area (Å²) in [5, 5.41) is 10.3. The number of nitrogens with one attached hydrogen (secondary N) is 1. The van der Waals surface area contributed by atoms with Gasteiger partial charge in [0.1, 0.15) is 11.0 Å². The Balaban J connectivity index is 2.86. The molecule has 0 unspecified atom stereocenters. The minimum atomic E-state index is 0.813. The van der Waals surface area contributed by atoms with Crippen molar-refractivity contribution in [1.29, 1.82) is 0 Å². The van der Waals surface area contributed by atoms with Gasteiger partial charge in [0, 0.05) is 9.79 Å². The SMILES string of the molecule is Sc1cc2n[nH]nc2cc1S. The van der Waals surface area contributed by atoms with E-state index in [9.17, 15) is 0 Å². The summed E-state index contributed by atoms with van der Waals surface area (Å²) < 4.78 is 0. The summed E-state index contributed by atoms with van der Waals surface area (Å²) in [4.78, 5) is 1.63. The molecular weight excluding hydrogens is 178 g/mol. The number of rotatable bonds is 0. The molecule has 1 heterocycles. The third-order valence-corrected chi connectivity index (χ3v) is 2.33. The van der Waals surface area contributed by atoms with E-state index in [4.69, 9.17) is 0 Å². The number of nitrogens with zero attached hydrogens (tertiary/aromatic N) is 2. The van der Waals surface area contributed by atoms with E-state index >= 15 is 0 Å². The molecule has 2 rings (SSSR count). The van der Waals surface area contributed by atoms with Crippen LogP contribution in [0.5, 0.6) is 0 Å². The van der Waals surface area contributed by atoms with Crippen LogP contribution in [0.3, 0.4) is 0 Å². The molecule has 0 radical (unpaired) electrons. The second-order valence-electron chi connectivity index (χ2n) is 2.15. The number of fused-ring (bicyclic) bond motifs is 1. The number of aromatic amines is 1. The highest BCUT2D eigenvalue weighted by molar-refractivity contribution is 7.83. The van der Waals surface area contributed by atoms with Crippen molar-refractivity contribution in [2.24, 2.45) is 0 Å². The molecule has 0 aliphatic carbocycles. The summed E-state index contributed by atoms with van der Waals surface area (Å²) in [6.45, 7) is 0. The van der Waals surface area contributed by atoms with Crippen molar-refractivity contribution in [3.63, 3.8) is 0 Å². The maximum absolute atomic E-state index is 4.19. The van der Waals surface area contributed by atoms with E-state index in [0.717, 1.165) is 20.8 Å². The molecule has 0 spiro atoms. The van der Waals surface area contributed by atoms with Gasteiger partial charge in [0.25, 0.3) is 0 Å². The van der Waals surface area contributed by atoms with Crippen molar-refractivity contribution >= 4 is 36.3 Å². The standard InChI is InChI=1S/C6H5N3S2/c10-5-1-3-4(2-6(5)11)8-9-7-3/h1-2,10-11H,(H,7,8,9). The molecule has 2 aromatic rings. The van der Waals surface area contributed by atoms with Gasteiger partial charge in [-0.3, -0.25) is 0 Å². The molecule has 0 atom stereocenters. The lowest BCUT2D eigenvalue weighted by Gasteiger charge is -1.94. The van der Waals surface area contributed by atoms with E-state index in [0.29, 0.717) is 0 Å². The molecule has 5 heteroatoms. The lowest BCUT2D eigenvalue weighted by Crippen LogP contribution is -1.73. The minimum absolute atomic E-state index is 0.813. The Kier molecular flexibility index (Phi) is 1.54. The van der Waals surface area contributed by atoms with Crippen molar-refractivity contribution in [2.45, 2.75) is 9.79 Å². The fourth-order valence-electron chi connectivity index (χ4n) is 0.867. The van der Waals surface area contributed by atoms with E-state index in [1.165, 1.54) is 0 Å². The molecule has 0 aliphatic heterocycles. The topological polar surface area (TPSA) is 41.6 Å². The molecule has 3 nitrogen and oxygen atoms in total. The van der Waals surface area contributed by atoms with Crippen LogP contribution >= 0.6 is 25.3 Å². The normalized spacial score (nSPS) is 10.7. The third-order valence-electron chi connectivity index (χ3n) is 1.41. The second-order valence-corrected chi connectivity index (χ2v) is 3.12. The number of aromatic nitrogens is 3. The van der Waals surface area contributed by atoms with Gasteiger partial charge in [-0.05, 0) is 12.1 Å². The maximum atomic E-state index is 4.19. The molecule has 0 saturated heterocycles. The largest absolute Gasteiger partial charge is 0.197 e. The lowest BCUT2D eigenvalue weighted by molar-refractivity contribution is 0.959. The predicted molar refractivity (Wildman–Crippen MR) is 48.4 cm³/mol. The number of H-pyrrole nitrogens is 1. The van der Waals surface area contributed by atoms with Gasteiger partial charge in [-0.25, -0.2) is 0 Å². The van der Waals surface area contributed by atoms with Crippen LogP contribution in [0.2, 0.25) is 0 Å². The Labute approximate surface area is 74.0 Å². The summed E-state index contributed by atoms with van der Waals surface area (Å²) in [7, 11) is 0. The van der Waals surface area contributed by atoms with Crippen molar-refractivity contribution in [3.8, 4) is 0 Å². The first kappa shape index (κ1) is 7.00. The molecule has 1 aromatic heterocycles. The molecule has 0 amide bonds. The first-order valence-corrected chi connectivity index (χ1v) is 3.89. The highest BCUT2D eigenvalue weighted by Crippen LogP contribution is 2.22. The highest BCUT2D eigenvalue weighted by atomic mass is 32.1. The molecular formula is C6H5N3S2. The minimum Gasteiger partial charge on any atom is -0.197 e. The third kappa shape index (κ3) is 1.10. The predicted octanol–water partition coefficient (Wildman–Crippen LogP) is 1.54. The average molecular weight is 183 g/mol. The summed E-state index contributed by atoms with van der Waals surface area (Å²) in [5.41, 5.74) is 1.63. The van der Waals surface area contributed by atoms with Crippen LogP contribution in [0.4, 0.5) is 0 Å². The Bertz CT molecular complexity index is 360. The van der Waals surface area contributed by atoms with Crippen LogP contribution in [0.25, 0.3) is 11.0 Å². The zero-order valence-corrected chi connectivity index (χ0v) is 7.23. The number of thiol groups is 2. The van der Waals surface area contributed by atoms with Gasteiger partial charge >= 0.3 is 0 Å². The number of hydrogen-bond acceptors (Lipinski definition) is 4. The average Bonchev–Trinajstić information content (AvgIpc) is 2.36. The molecule has 1 aromatic carbocycles. The van der Waals surface area contributed by atoms with Crippen LogP contribution in [0.15, 0.2) is 21.9 Å². The maximum Gasteiger partial charge on any atom is 0.114 e. The first-order valence-electron chi connectivity index (χ1n) is 3.00. The van der Waals surface area contributed by atoms with Gasteiger partial charge in [0.05, 0.1) is 0 Å². The second kappa shape index (κ2) is 2.42. The van der Waals surface area contributed by atoms with Gasteiger partial charge in [-0.2, -0.15) is 15.4 Å². The van der Waals surface area contributed by atoms with E-state index in [-0.39, 0.29) is 0 Å². The van der Waals surface area contributed by atoms with Crippen molar-refractivity contribution < 1.29 is 0 Å². The van der Waals surface area contributed by atoms with Crippen molar-refractivity contribution in [2.75, 3.05) is 0 Å². The smallest absolute Gasteiger partial charge is 0.114 e. The summed E-state index contributed by atoms with van der Waals surface area (Å²) in [6, 6.07) is 3.65. The molecule has 11 heavy (non-hydrogen) atoms. The van der Waals surface area contributed by atoms with E-state index in [1.54, 1.807) is 0 Å². The zero-order valence-electron chi connectivity index (χ0n) is 5.44. The number of benzene rings is 1. The Morgan fingerprint density at radius 3 is 1.91 bits per heavy atom. The molecule has 0 bridgehead atoms. The van der Waals surface area contributed by atoms with Gasteiger partial charge in [0.2, 0.25) is 0 Å². The van der Waals surface area contributed by atoms with Gasteiger partial charge in [-0.1, -0.05) is 0 Å². The molecule has 1 N–H and O–H groups in total. The highest BCUT2D eigenvalue weighted by Gasteiger charge is 2.00. The fraction of sp³-hybridized carbons (Fsp3) is 0. The van der Waals surface area contributed by atoms with Crippen molar-refractivity contribution in [3.05, 3.63) is 12.1 Å². The van der Waals surface area contributed by atoms with Crippen LogP contribution in [-0.2, 0) is 0 Å². The monoisotopic (exact) mass is 183 g/mol. The summed E-state index contributed by atoms with van der Waals surface area (Å²) >= 11 is 8.38. The quantitative estimate of drug-likeness (QED) is 0.542. The van der Waals surface area contributed by atoms with Gasteiger partial charge < -0.3 is 0 Å². The van der Waals surface area contributed by atoms with Gasteiger partial charge in [0.15, 0.2) is 0 Å². The van der Waals surface area contributed by atoms with Gasteiger partial charge in [-0.15, -0.1) is 25.3 Å². The van der Waals surface area contributed by atoms with E-state index in [2.05, 4.69) is 40.7 Å². The summed E-state index contributed by atoms with van der Waals surface area (Å²) in [5.74, 6) is 0. The first-order chi connectivity index (χ1) is 5.27. The van der Waals surface area contributed by atoms with Crippen LogP contribution in [-0.4, -0.2) is 15.4 Å². The lowest BCUT2D eigenvalue weighted by atomic mass is 10.3. The van der Waals surface area contributed by atoms with E-state index < -0.39 is 0 Å². The Morgan fingerprint density at radius 1 is 1.00 bits per heavy atom.